The molecule has 1 N–H and O–H groups in total. The Morgan fingerprint density at radius 1 is 1.11 bits per heavy atom. The van der Waals surface area contributed by atoms with E-state index >= 15 is 0 Å². The predicted molar refractivity (Wildman–Crippen MR) is 113 cm³/mol. The van der Waals surface area contributed by atoms with Crippen LogP contribution in [0.3, 0.4) is 0 Å². The molecule has 0 spiro atoms. The molecule has 0 unspecified atom stereocenters. The van der Waals surface area contributed by atoms with E-state index in [0.717, 1.165) is 27.8 Å². The second-order valence-electron chi connectivity index (χ2n) is 5.83. The molecule has 1 aromatic carbocycles. The lowest BCUT2D eigenvalue weighted by Gasteiger charge is -2.16. The van der Waals surface area contributed by atoms with Crippen LogP contribution in [0, 0.1) is 0 Å². The monoisotopic (exact) mass is 423 g/mol. The molecule has 0 radical (unpaired) electrons. The maximum atomic E-state index is 12.5. The van der Waals surface area contributed by atoms with Gasteiger partial charge in [-0.2, -0.15) is 0 Å². The molecule has 0 saturated heterocycles. The maximum absolute atomic E-state index is 12.5. The molecule has 0 saturated carbocycles. The molecule has 3 rings (SSSR count). The van der Waals surface area contributed by atoms with Gasteiger partial charge in [-0.3, -0.25) is 4.79 Å². The Labute approximate surface area is 166 Å². The van der Waals surface area contributed by atoms with Crippen LogP contribution in [0.25, 0.3) is 9.53 Å². The Kier molecular flexibility index (Phi) is 5.83. The summed E-state index contributed by atoms with van der Waals surface area (Å²) in [6.45, 7) is 7.58. The highest BCUT2D eigenvalue weighted by molar-refractivity contribution is 7.91. The second-order valence-corrected chi connectivity index (χ2v) is 10.1. The van der Waals surface area contributed by atoms with E-state index in [1.54, 1.807) is 30.4 Å². The van der Waals surface area contributed by atoms with Gasteiger partial charge in [-0.1, -0.05) is 18.3 Å². The number of aromatic nitrogens is 1. The van der Waals surface area contributed by atoms with Gasteiger partial charge < -0.3 is 10.2 Å². The number of nitrogens with zero attached hydrogens (tertiary/aromatic N) is 2. The summed E-state index contributed by atoms with van der Waals surface area (Å²) in [4.78, 5) is 21.0. The Hall–Kier alpha value is -1.97. The van der Waals surface area contributed by atoms with Crippen LogP contribution < -0.4 is 10.2 Å². The first-order chi connectivity index (χ1) is 12.9. The first-order valence-electron chi connectivity index (χ1n) is 8.67. The van der Waals surface area contributed by atoms with E-state index in [0.29, 0.717) is 10.6 Å². The highest BCUT2D eigenvalue weighted by atomic mass is 32.2. The molecule has 9 heteroatoms. The molecule has 2 heterocycles. The van der Waals surface area contributed by atoms with Gasteiger partial charge in [-0.05, 0) is 44.2 Å². The lowest BCUT2D eigenvalue weighted by atomic mass is 10.3. The van der Waals surface area contributed by atoms with Gasteiger partial charge in [0.25, 0.3) is 5.91 Å². The summed E-state index contributed by atoms with van der Waals surface area (Å²) < 4.78 is 24.7. The van der Waals surface area contributed by atoms with Gasteiger partial charge >= 0.3 is 0 Å². The molecular weight excluding hydrogens is 402 g/mol. The number of carbonyl (C=O) groups excluding carboxylic acids is 1. The van der Waals surface area contributed by atoms with Crippen molar-refractivity contribution >= 4 is 58.8 Å². The third-order valence-corrected chi connectivity index (χ3v) is 8.16. The van der Waals surface area contributed by atoms with E-state index in [4.69, 9.17) is 0 Å². The van der Waals surface area contributed by atoms with Gasteiger partial charge in [-0.15, -0.1) is 11.3 Å². The lowest BCUT2D eigenvalue weighted by Crippen LogP contribution is -2.21. The fourth-order valence-corrected chi connectivity index (χ4v) is 5.69. The highest BCUT2D eigenvalue weighted by Crippen LogP contribution is 2.34. The fraction of sp³-hybridized carbons (Fsp3) is 0.333. The largest absolute Gasteiger partial charge is 0.349 e. The van der Waals surface area contributed by atoms with E-state index < -0.39 is 9.84 Å². The van der Waals surface area contributed by atoms with Gasteiger partial charge in [-0.25, -0.2) is 13.4 Å². The van der Waals surface area contributed by atoms with Crippen LogP contribution in [0.15, 0.2) is 35.2 Å². The van der Waals surface area contributed by atoms with Crippen molar-refractivity contribution in [2.45, 2.75) is 25.7 Å². The number of fused-ring (bicyclic) bond motifs is 1. The summed E-state index contributed by atoms with van der Waals surface area (Å²) in [5, 5.41) is 3.78. The van der Waals surface area contributed by atoms with E-state index in [1.165, 1.54) is 23.5 Å². The number of hydrogen-bond acceptors (Lipinski definition) is 7. The van der Waals surface area contributed by atoms with Gasteiger partial charge in [0.2, 0.25) is 0 Å². The lowest BCUT2D eigenvalue weighted by molar-refractivity contribution is 0.103. The molecule has 2 aromatic heterocycles. The Morgan fingerprint density at radius 3 is 2.33 bits per heavy atom. The van der Waals surface area contributed by atoms with Crippen LogP contribution in [0.1, 0.15) is 30.4 Å². The molecule has 6 nitrogen and oxygen atoms in total. The summed E-state index contributed by atoms with van der Waals surface area (Å²) in [7, 11) is -3.24. The number of rotatable bonds is 7. The van der Waals surface area contributed by atoms with Crippen LogP contribution in [0.5, 0.6) is 0 Å². The number of benzene rings is 1. The third-order valence-electron chi connectivity index (χ3n) is 4.19. The van der Waals surface area contributed by atoms with E-state index in [1.807, 2.05) is 6.07 Å². The molecule has 1 amide bonds. The fourth-order valence-electron chi connectivity index (χ4n) is 2.57. The average Bonchev–Trinajstić information content (AvgIpc) is 3.22. The molecule has 3 aromatic rings. The molecule has 0 aliphatic carbocycles. The topological polar surface area (TPSA) is 79.4 Å². The van der Waals surface area contributed by atoms with Gasteiger partial charge in [0, 0.05) is 18.8 Å². The van der Waals surface area contributed by atoms with Crippen LogP contribution in [0.4, 0.5) is 10.8 Å². The smallest absolute Gasteiger partial charge is 0.265 e. The standard InChI is InChI=1S/C18H21N3O3S3/c1-4-21(5-2)18-20-17-15(26-18)11-14(25-17)16(22)19-12-7-9-13(10-8-12)27(23,24)6-3/h7-11H,4-6H2,1-3H3,(H,19,22). The van der Waals surface area contributed by atoms with Crippen LogP contribution in [-0.2, 0) is 9.84 Å². The minimum Gasteiger partial charge on any atom is -0.349 e. The number of hydrogen-bond donors (Lipinski definition) is 1. The number of carbonyl (C=O) groups is 1. The van der Waals surface area contributed by atoms with Gasteiger partial charge in [0.05, 0.1) is 20.2 Å². The summed E-state index contributed by atoms with van der Waals surface area (Å²) in [5.74, 6) is -0.173. The Bertz CT molecular complexity index is 1020. The summed E-state index contributed by atoms with van der Waals surface area (Å²) >= 11 is 2.94. The normalized spacial score (nSPS) is 11.7. The molecule has 0 aliphatic rings. The molecule has 0 bridgehead atoms. The van der Waals surface area contributed by atoms with E-state index in [2.05, 4.69) is 29.0 Å². The summed E-state index contributed by atoms with van der Waals surface area (Å²) in [6, 6.07) is 8.09. The SMILES string of the molecule is CCN(CC)c1nc2sc(C(=O)Nc3ccc(S(=O)(=O)CC)cc3)cc2s1. The van der Waals surface area contributed by atoms with Crippen LogP contribution >= 0.6 is 22.7 Å². The van der Waals surface area contributed by atoms with Crippen molar-refractivity contribution in [2.24, 2.45) is 0 Å². The summed E-state index contributed by atoms with van der Waals surface area (Å²) in [5.41, 5.74) is 0.559. The van der Waals surface area contributed by atoms with Crippen molar-refractivity contribution in [3.8, 4) is 0 Å². The zero-order valence-electron chi connectivity index (χ0n) is 15.4. The van der Waals surface area contributed by atoms with Crippen molar-refractivity contribution in [3.63, 3.8) is 0 Å². The van der Waals surface area contributed by atoms with E-state index in [9.17, 15) is 13.2 Å². The molecule has 27 heavy (non-hydrogen) atoms. The van der Waals surface area contributed by atoms with Crippen molar-refractivity contribution in [1.29, 1.82) is 0 Å². The molecule has 0 atom stereocenters. The molecule has 0 fully saturated rings. The van der Waals surface area contributed by atoms with Crippen LogP contribution in [0.2, 0.25) is 0 Å². The van der Waals surface area contributed by atoms with Crippen molar-refractivity contribution in [3.05, 3.63) is 35.2 Å². The van der Waals surface area contributed by atoms with E-state index in [-0.39, 0.29) is 16.6 Å². The molecular formula is C18H21N3O3S3. The zero-order chi connectivity index (χ0) is 19.6. The molecule has 144 valence electrons. The third kappa shape index (κ3) is 4.15. The van der Waals surface area contributed by atoms with Crippen molar-refractivity contribution in [2.75, 3.05) is 29.1 Å². The second kappa shape index (κ2) is 7.95. The zero-order valence-corrected chi connectivity index (χ0v) is 17.8. The van der Waals surface area contributed by atoms with Crippen molar-refractivity contribution in [1.82, 2.24) is 4.98 Å². The minimum atomic E-state index is -3.24. The first-order valence-corrected chi connectivity index (χ1v) is 12.0. The highest BCUT2D eigenvalue weighted by Gasteiger charge is 2.17. The number of anilines is 2. The van der Waals surface area contributed by atoms with Crippen molar-refractivity contribution < 1.29 is 13.2 Å². The number of thiophene rings is 1. The number of thiazole rings is 1. The minimum absolute atomic E-state index is 0.0487. The molecule has 0 aliphatic heterocycles. The van der Waals surface area contributed by atoms with Gasteiger partial charge in [0.1, 0.15) is 4.83 Å². The quantitative estimate of drug-likeness (QED) is 0.614. The number of sulfone groups is 1. The predicted octanol–water partition coefficient (Wildman–Crippen LogP) is 4.25. The first kappa shape index (κ1) is 19.8. The Morgan fingerprint density at radius 2 is 1.78 bits per heavy atom. The van der Waals surface area contributed by atoms with Crippen LogP contribution in [-0.4, -0.2) is 38.2 Å². The summed E-state index contributed by atoms with van der Waals surface area (Å²) in [6.07, 6.45) is 0. The average molecular weight is 424 g/mol. The number of amides is 1. The maximum Gasteiger partial charge on any atom is 0.265 e. The van der Waals surface area contributed by atoms with Gasteiger partial charge in [0.15, 0.2) is 15.0 Å². The number of nitrogens with one attached hydrogen (secondary N) is 1. The Balaban J connectivity index is 1.75.